The van der Waals surface area contributed by atoms with Gasteiger partial charge < -0.3 is 20.3 Å². The average Bonchev–Trinajstić information content (AvgIpc) is 2.76. The van der Waals surface area contributed by atoms with Crippen LogP contribution < -0.4 is 15.4 Å². The fraction of sp³-hybridized carbons (Fsp3) is 0.250. The van der Waals surface area contributed by atoms with Gasteiger partial charge >= 0.3 is 0 Å². The van der Waals surface area contributed by atoms with Gasteiger partial charge in [-0.2, -0.15) is 4.98 Å². The third-order valence-corrected chi connectivity index (χ3v) is 4.68. The number of pyridine rings is 1. The van der Waals surface area contributed by atoms with E-state index in [0.29, 0.717) is 22.9 Å². The Labute approximate surface area is 177 Å². The van der Waals surface area contributed by atoms with Crippen LogP contribution in [0.3, 0.4) is 0 Å². The summed E-state index contributed by atoms with van der Waals surface area (Å²) in [6.07, 6.45) is 1.99. The van der Waals surface area contributed by atoms with Crippen molar-refractivity contribution in [2.75, 3.05) is 38.4 Å². The summed E-state index contributed by atoms with van der Waals surface area (Å²) in [4.78, 5) is 19.3. The van der Waals surface area contributed by atoms with Crippen LogP contribution in [0, 0.1) is 0 Å². The number of nitrogens with one attached hydrogen (secondary N) is 2. The van der Waals surface area contributed by atoms with Crippen LogP contribution in [0.1, 0.15) is 22.3 Å². The standard InChI is InChI=1S/C24H28N4O2/c1-28(2)17-9-13-18-10-7-8-14-20(18)25-23-21(15-16-22(27-23)30-3)26-24(29)19-11-5-4-6-12-19/h4-8,10-12,14-16H,9,13,17H2,1-3H3,(H,25,27)(H,26,29). The van der Waals surface area contributed by atoms with E-state index in [9.17, 15) is 4.79 Å². The van der Waals surface area contributed by atoms with Gasteiger partial charge in [-0.15, -0.1) is 0 Å². The smallest absolute Gasteiger partial charge is 0.255 e. The number of nitrogens with zero attached hydrogens (tertiary/aromatic N) is 2. The molecule has 6 nitrogen and oxygen atoms in total. The molecule has 2 aromatic carbocycles. The zero-order valence-corrected chi connectivity index (χ0v) is 17.7. The van der Waals surface area contributed by atoms with Gasteiger partial charge in [0.25, 0.3) is 5.91 Å². The second-order valence-corrected chi connectivity index (χ2v) is 7.26. The van der Waals surface area contributed by atoms with E-state index in [1.807, 2.05) is 36.4 Å². The lowest BCUT2D eigenvalue weighted by Crippen LogP contribution is -2.14. The topological polar surface area (TPSA) is 66.5 Å². The normalized spacial score (nSPS) is 10.7. The molecule has 0 bridgehead atoms. The van der Waals surface area contributed by atoms with Gasteiger partial charge in [0.2, 0.25) is 5.88 Å². The molecule has 0 aliphatic carbocycles. The molecule has 0 saturated heterocycles. The maximum atomic E-state index is 12.6. The zero-order valence-electron chi connectivity index (χ0n) is 17.7. The number of hydrogen-bond donors (Lipinski definition) is 2. The predicted octanol–water partition coefficient (Wildman–Crippen LogP) is 4.58. The number of carbonyl (C=O) groups excluding carboxylic acids is 1. The highest BCUT2D eigenvalue weighted by Crippen LogP contribution is 2.29. The van der Waals surface area contributed by atoms with Gasteiger partial charge in [-0.25, -0.2) is 0 Å². The van der Waals surface area contributed by atoms with Gasteiger partial charge in [0.05, 0.1) is 12.8 Å². The Hall–Kier alpha value is -3.38. The maximum Gasteiger partial charge on any atom is 0.255 e. The van der Waals surface area contributed by atoms with Gasteiger partial charge in [0.1, 0.15) is 0 Å². The van der Waals surface area contributed by atoms with Crippen molar-refractivity contribution in [1.29, 1.82) is 0 Å². The predicted molar refractivity (Wildman–Crippen MR) is 122 cm³/mol. The summed E-state index contributed by atoms with van der Waals surface area (Å²) in [6, 6.07) is 20.8. The van der Waals surface area contributed by atoms with E-state index in [2.05, 4.69) is 40.7 Å². The van der Waals surface area contributed by atoms with Crippen LogP contribution in [-0.4, -0.2) is 43.5 Å². The Kier molecular flexibility index (Phi) is 7.40. The molecule has 1 heterocycles. The number of rotatable bonds is 9. The van der Waals surface area contributed by atoms with E-state index >= 15 is 0 Å². The molecule has 0 radical (unpaired) electrons. The lowest BCUT2D eigenvalue weighted by Gasteiger charge is -2.16. The van der Waals surface area contributed by atoms with Crippen LogP contribution in [-0.2, 0) is 6.42 Å². The molecular weight excluding hydrogens is 376 g/mol. The second kappa shape index (κ2) is 10.4. The number of aryl methyl sites for hydroxylation is 1. The largest absolute Gasteiger partial charge is 0.481 e. The molecule has 0 aliphatic rings. The number of anilines is 3. The van der Waals surface area contributed by atoms with Crippen molar-refractivity contribution in [3.05, 3.63) is 77.9 Å². The summed E-state index contributed by atoms with van der Waals surface area (Å²) in [7, 11) is 5.72. The molecule has 0 spiro atoms. The zero-order chi connectivity index (χ0) is 21.3. The molecule has 0 unspecified atom stereocenters. The highest BCUT2D eigenvalue weighted by atomic mass is 16.5. The molecule has 6 heteroatoms. The number of methoxy groups -OCH3 is 1. The summed E-state index contributed by atoms with van der Waals surface area (Å²) < 4.78 is 5.29. The van der Waals surface area contributed by atoms with E-state index in [0.717, 1.165) is 25.1 Å². The molecule has 1 amide bonds. The summed E-state index contributed by atoms with van der Waals surface area (Å²) in [6.45, 7) is 1.02. The van der Waals surface area contributed by atoms with Crippen molar-refractivity contribution < 1.29 is 9.53 Å². The lowest BCUT2D eigenvalue weighted by molar-refractivity contribution is 0.102. The van der Waals surface area contributed by atoms with Gasteiger partial charge in [-0.3, -0.25) is 4.79 Å². The molecule has 1 aromatic heterocycles. The Bertz CT molecular complexity index is 974. The first-order valence-corrected chi connectivity index (χ1v) is 9.98. The van der Waals surface area contributed by atoms with E-state index in [4.69, 9.17) is 4.74 Å². The van der Waals surface area contributed by atoms with E-state index in [1.54, 1.807) is 31.4 Å². The summed E-state index contributed by atoms with van der Waals surface area (Å²) in [5.74, 6) is 0.823. The maximum absolute atomic E-state index is 12.6. The number of aromatic nitrogens is 1. The lowest BCUT2D eigenvalue weighted by atomic mass is 10.1. The Morgan fingerprint density at radius 2 is 1.70 bits per heavy atom. The van der Waals surface area contributed by atoms with Gasteiger partial charge in [-0.1, -0.05) is 36.4 Å². The van der Waals surface area contributed by atoms with E-state index < -0.39 is 0 Å². The molecule has 3 rings (SSSR count). The molecular formula is C24H28N4O2. The molecule has 3 aromatic rings. The van der Waals surface area contributed by atoms with Gasteiger partial charge in [0.15, 0.2) is 5.82 Å². The first-order chi connectivity index (χ1) is 14.6. The van der Waals surface area contributed by atoms with Crippen LogP contribution in [0.5, 0.6) is 5.88 Å². The van der Waals surface area contributed by atoms with Crippen molar-refractivity contribution in [3.63, 3.8) is 0 Å². The Morgan fingerprint density at radius 1 is 0.967 bits per heavy atom. The average molecular weight is 405 g/mol. The highest BCUT2D eigenvalue weighted by Gasteiger charge is 2.13. The number of carbonyl (C=O) groups is 1. The van der Waals surface area contributed by atoms with Crippen LogP contribution >= 0.6 is 0 Å². The minimum atomic E-state index is -0.190. The van der Waals surface area contributed by atoms with Crippen molar-refractivity contribution in [2.24, 2.45) is 0 Å². The van der Waals surface area contributed by atoms with E-state index in [1.165, 1.54) is 5.56 Å². The quantitative estimate of drug-likeness (QED) is 0.546. The molecule has 0 fully saturated rings. The van der Waals surface area contributed by atoms with Crippen molar-refractivity contribution >= 4 is 23.1 Å². The SMILES string of the molecule is COc1ccc(NC(=O)c2ccccc2)c(Nc2ccccc2CCCN(C)C)n1. The number of benzene rings is 2. The van der Waals surface area contributed by atoms with Crippen molar-refractivity contribution in [3.8, 4) is 5.88 Å². The first-order valence-electron chi connectivity index (χ1n) is 9.98. The van der Waals surface area contributed by atoms with Crippen molar-refractivity contribution in [1.82, 2.24) is 9.88 Å². The molecule has 2 N–H and O–H groups in total. The third kappa shape index (κ3) is 5.81. The fourth-order valence-corrected chi connectivity index (χ4v) is 3.11. The summed E-state index contributed by atoms with van der Waals surface area (Å²) in [5.41, 5.74) is 3.34. The fourth-order valence-electron chi connectivity index (χ4n) is 3.11. The minimum absolute atomic E-state index is 0.190. The number of ether oxygens (including phenoxy) is 1. The minimum Gasteiger partial charge on any atom is -0.481 e. The van der Waals surface area contributed by atoms with Crippen LogP contribution in [0.2, 0.25) is 0 Å². The third-order valence-electron chi connectivity index (χ3n) is 4.68. The molecule has 0 saturated carbocycles. The second-order valence-electron chi connectivity index (χ2n) is 7.26. The molecule has 156 valence electrons. The van der Waals surface area contributed by atoms with Crippen molar-refractivity contribution in [2.45, 2.75) is 12.8 Å². The highest BCUT2D eigenvalue weighted by molar-refractivity contribution is 6.05. The summed E-state index contributed by atoms with van der Waals surface area (Å²) in [5, 5.41) is 6.34. The first kappa shape index (κ1) is 21.3. The monoisotopic (exact) mass is 404 g/mol. The summed E-state index contributed by atoms with van der Waals surface area (Å²) >= 11 is 0. The Balaban J connectivity index is 1.84. The van der Waals surface area contributed by atoms with Gasteiger partial charge in [0, 0.05) is 17.3 Å². The van der Waals surface area contributed by atoms with Crippen LogP contribution in [0.4, 0.5) is 17.2 Å². The molecule has 0 aliphatic heterocycles. The molecule has 0 atom stereocenters. The molecule has 30 heavy (non-hydrogen) atoms. The Morgan fingerprint density at radius 3 is 2.43 bits per heavy atom. The number of amides is 1. The van der Waals surface area contributed by atoms with Crippen LogP contribution in [0.15, 0.2) is 66.7 Å². The van der Waals surface area contributed by atoms with E-state index in [-0.39, 0.29) is 5.91 Å². The number of hydrogen-bond acceptors (Lipinski definition) is 5. The van der Waals surface area contributed by atoms with Crippen LogP contribution in [0.25, 0.3) is 0 Å². The van der Waals surface area contributed by atoms with Gasteiger partial charge in [-0.05, 0) is 63.3 Å². The number of para-hydroxylation sites is 1.